The van der Waals surface area contributed by atoms with Gasteiger partial charge in [-0.05, 0) is 18.6 Å². The monoisotopic (exact) mass is 332 g/mol. The van der Waals surface area contributed by atoms with Crippen LogP contribution in [0.25, 0.3) is 5.69 Å². The molecule has 3 rings (SSSR count). The lowest BCUT2D eigenvalue weighted by molar-refractivity contribution is 0.726. The first-order chi connectivity index (χ1) is 10.6. The number of nitrogens with zero attached hydrogens (tertiary/aromatic N) is 2. The van der Waals surface area contributed by atoms with Gasteiger partial charge in [0.1, 0.15) is 0 Å². The van der Waals surface area contributed by atoms with Crippen molar-refractivity contribution in [2.24, 2.45) is 0 Å². The number of para-hydroxylation sites is 1. The van der Waals surface area contributed by atoms with E-state index < -0.39 is 0 Å². The molecule has 2 aromatic rings. The summed E-state index contributed by atoms with van der Waals surface area (Å²) in [5, 5.41) is 1.69. The molecule has 0 radical (unpaired) electrons. The Morgan fingerprint density at radius 2 is 2.14 bits per heavy atom. The molecule has 2 heterocycles. The molecule has 0 saturated heterocycles. The Morgan fingerprint density at radius 1 is 1.41 bits per heavy atom. The van der Waals surface area contributed by atoms with Crippen LogP contribution >= 0.6 is 23.5 Å². The van der Waals surface area contributed by atoms with Gasteiger partial charge < -0.3 is 0 Å². The Bertz CT molecular complexity index is 727. The molecule has 0 unspecified atom stereocenters. The van der Waals surface area contributed by atoms with Crippen LogP contribution in [0.2, 0.25) is 0 Å². The highest BCUT2D eigenvalue weighted by Crippen LogP contribution is 2.35. The minimum Gasteiger partial charge on any atom is -0.268 e. The smallest absolute Gasteiger partial charge is 0.268 e. The van der Waals surface area contributed by atoms with Crippen molar-refractivity contribution in [2.45, 2.75) is 54.2 Å². The summed E-state index contributed by atoms with van der Waals surface area (Å²) in [5.41, 5.74) is 1.95. The van der Waals surface area contributed by atoms with Crippen molar-refractivity contribution in [1.82, 2.24) is 9.55 Å². The summed E-state index contributed by atoms with van der Waals surface area (Å²) in [6, 6.07) is 9.83. The molecule has 0 N–H and O–H groups in total. The normalized spacial score (nSPS) is 18.2. The van der Waals surface area contributed by atoms with Crippen LogP contribution in [-0.2, 0) is 6.42 Å². The molecule has 1 aromatic carbocycles. The van der Waals surface area contributed by atoms with Crippen LogP contribution in [-0.4, -0.2) is 20.1 Å². The van der Waals surface area contributed by atoms with Crippen LogP contribution in [0.3, 0.4) is 0 Å². The van der Waals surface area contributed by atoms with E-state index >= 15 is 0 Å². The fourth-order valence-electron chi connectivity index (χ4n) is 2.45. The predicted molar refractivity (Wildman–Crippen MR) is 94.5 cm³/mol. The van der Waals surface area contributed by atoms with Crippen molar-refractivity contribution in [1.29, 1.82) is 0 Å². The molecule has 0 fully saturated rings. The molecule has 0 spiro atoms. The lowest BCUT2D eigenvalue weighted by atomic mass is 10.2. The van der Waals surface area contributed by atoms with Gasteiger partial charge in [-0.15, -0.1) is 11.8 Å². The van der Waals surface area contributed by atoms with E-state index in [1.54, 1.807) is 28.1 Å². The van der Waals surface area contributed by atoms with Crippen LogP contribution in [0.5, 0.6) is 0 Å². The van der Waals surface area contributed by atoms with Gasteiger partial charge >= 0.3 is 0 Å². The molecule has 0 amide bonds. The first kappa shape index (κ1) is 15.7. The van der Waals surface area contributed by atoms with E-state index in [2.05, 4.69) is 20.8 Å². The molecule has 1 aromatic heterocycles. The topological polar surface area (TPSA) is 34.9 Å². The van der Waals surface area contributed by atoms with Crippen molar-refractivity contribution in [3.8, 4) is 5.69 Å². The Morgan fingerprint density at radius 3 is 2.82 bits per heavy atom. The van der Waals surface area contributed by atoms with E-state index in [1.165, 1.54) is 0 Å². The van der Waals surface area contributed by atoms with Crippen molar-refractivity contribution in [2.75, 3.05) is 0 Å². The fourth-order valence-corrected chi connectivity index (χ4v) is 4.53. The van der Waals surface area contributed by atoms with Crippen LogP contribution in [0.4, 0.5) is 0 Å². The molecule has 0 bridgehead atoms. The number of hydrogen-bond donors (Lipinski definition) is 0. The van der Waals surface area contributed by atoms with Gasteiger partial charge in [0.25, 0.3) is 5.56 Å². The molecule has 0 aliphatic carbocycles. The van der Waals surface area contributed by atoms with Gasteiger partial charge in [0.05, 0.1) is 16.3 Å². The summed E-state index contributed by atoms with van der Waals surface area (Å²) < 4.78 is 1.78. The van der Waals surface area contributed by atoms with E-state index in [9.17, 15) is 4.79 Å². The molecular formula is C17H20N2OS2. The predicted octanol–water partition coefficient (Wildman–Crippen LogP) is 4.16. The Balaban J connectivity index is 2.18. The number of hydrogen-bond acceptors (Lipinski definition) is 4. The molecule has 2 atom stereocenters. The maximum atomic E-state index is 13.0. The Kier molecular flexibility index (Phi) is 4.64. The molecular weight excluding hydrogens is 312 g/mol. The molecule has 5 heteroatoms. The standard InChI is InChI=1S/C17H20N2OS2/c1-4-11(2)22-17-18-14-10-12(3)21-15(14)16(20)19(17)13-8-6-5-7-9-13/h5-9,11-12H,4,10H2,1-3H3/t11-,12-/m1/s1. The lowest BCUT2D eigenvalue weighted by Gasteiger charge is -2.15. The van der Waals surface area contributed by atoms with E-state index in [0.29, 0.717) is 10.5 Å². The minimum atomic E-state index is 0.0800. The molecule has 0 saturated carbocycles. The summed E-state index contributed by atoms with van der Waals surface area (Å²) in [6.45, 7) is 6.49. The van der Waals surface area contributed by atoms with Crippen LogP contribution in [0.1, 0.15) is 32.9 Å². The van der Waals surface area contributed by atoms with Gasteiger partial charge in [0.2, 0.25) is 0 Å². The second-order valence-corrected chi connectivity index (χ2v) is 8.47. The molecule has 22 heavy (non-hydrogen) atoms. The van der Waals surface area contributed by atoms with Gasteiger partial charge in [-0.2, -0.15) is 0 Å². The number of aromatic nitrogens is 2. The van der Waals surface area contributed by atoms with Gasteiger partial charge in [-0.1, -0.05) is 50.7 Å². The van der Waals surface area contributed by atoms with Crippen molar-refractivity contribution in [3.05, 3.63) is 46.4 Å². The first-order valence-electron chi connectivity index (χ1n) is 7.64. The summed E-state index contributed by atoms with van der Waals surface area (Å²) in [7, 11) is 0. The Hall–Kier alpha value is -1.20. The number of fused-ring (bicyclic) bond motifs is 1. The third-order valence-corrected chi connectivity index (χ3v) is 6.21. The first-order valence-corrected chi connectivity index (χ1v) is 9.40. The average molecular weight is 332 g/mol. The van der Waals surface area contributed by atoms with E-state index in [0.717, 1.165) is 34.3 Å². The van der Waals surface area contributed by atoms with Gasteiger partial charge in [0, 0.05) is 16.9 Å². The number of benzene rings is 1. The van der Waals surface area contributed by atoms with Gasteiger partial charge in [-0.25, -0.2) is 4.98 Å². The lowest BCUT2D eigenvalue weighted by Crippen LogP contribution is -2.24. The highest BCUT2D eigenvalue weighted by atomic mass is 32.2. The summed E-state index contributed by atoms with van der Waals surface area (Å²) in [5.74, 6) is 0. The van der Waals surface area contributed by atoms with Crippen LogP contribution in [0, 0.1) is 0 Å². The van der Waals surface area contributed by atoms with E-state index in [1.807, 2.05) is 30.3 Å². The van der Waals surface area contributed by atoms with E-state index in [-0.39, 0.29) is 5.56 Å². The minimum absolute atomic E-state index is 0.0800. The maximum absolute atomic E-state index is 13.0. The summed E-state index contributed by atoms with van der Waals surface area (Å²) in [6.07, 6.45) is 1.94. The van der Waals surface area contributed by atoms with Gasteiger partial charge in [0.15, 0.2) is 5.16 Å². The number of rotatable bonds is 4. The third-order valence-electron chi connectivity index (χ3n) is 3.78. The highest BCUT2D eigenvalue weighted by Gasteiger charge is 2.27. The fraction of sp³-hybridized carbons (Fsp3) is 0.412. The second-order valence-electron chi connectivity index (χ2n) is 5.62. The zero-order chi connectivity index (χ0) is 15.7. The Labute approximate surface area is 139 Å². The quantitative estimate of drug-likeness (QED) is 0.622. The van der Waals surface area contributed by atoms with Crippen LogP contribution in [0.15, 0.2) is 45.2 Å². The summed E-state index contributed by atoms with van der Waals surface area (Å²) in [4.78, 5) is 18.6. The maximum Gasteiger partial charge on any atom is 0.272 e. The molecule has 116 valence electrons. The second kappa shape index (κ2) is 6.50. The van der Waals surface area contributed by atoms with Crippen LogP contribution < -0.4 is 5.56 Å². The van der Waals surface area contributed by atoms with Crippen molar-refractivity contribution >= 4 is 23.5 Å². The zero-order valence-electron chi connectivity index (χ0n) is 13.1. The molecule has 1 aliphatic rings. The van der Waals surface area contributed by atoms with E-state index in [4.69, 9.17) is 4.98 Å². The third kappa shape index (κ3) is 2.97. The highest BCUT2D eigenvalue weighted by molar-refractivity contribution is 8.00. The molecule has 1 aliphatic heterocycles. The average Bonchev–Trinajstić information content (AvgIpc) is 2.89. The molecule has 3 nitrogen and oxygen atoms in total. The SMILES string of the molecule is CC[C@@H](C)Sc1nc2c(c(=O)n1-c1ccccc1)S[C@H](C)C2. The zero-order valence-corrected chi connectivity index (χ0v) is 14.7. The number of thioether (sulfide) groups is 2. The largest absolute Gasteiger partial charge is 0.272 e. The van der Waals surface area contributed by atoms with Gasteiger partial charge in [-0.3, -0.25) is 9.36 Å². The summed E-state index contributed by atoms with van der Waals surface area (Å²) >= 11 is 3.34. The van der Waals surface area contributed by atoms with Crippen molar-refractivity contribution < 1.29 is 0 Å². The van der Waals surface area contributed by atoms with Crippen molar-refractivity contribution in [3.63, 3.8) is 0 Å².